The quantitative estimate of drug-likeness (QED) is 0.560. The fourth-order valence-electron chi connectivity index (χ4n) is 2.84. The predicted molar refractivity (Wildman–Crippen MR) is 99.7 cm³/mol. The second-order valence-electron chi connectivity index (χ2n) is 5.74. The number of halogens is 1. The summed E-state index contributed by atoms with van der Waals surface area (Å²) in [7, 11) is 0. The SMILES string of the molecule is CCOC(=O)c1ccc2c(c1)[nH]c(=O)c1cc(-c3ccc(Cl)cc3)nn12. The number of carbonyl (C=O) groups excluding carboxylic acids is 1. The van der Waals surface area contributed by atoms with Gasteiger partial charge in [0, 0.05) is 10.6 Å². The zero-order valence-electron chi connectivity index (χ0n) is 13.8. The lowest BCUT2D eigenvalue weighted by Crippen LogP contribution is -2.11. The number of nitrogens with zero attached hydrogens (tertiary/aromatic N) is 2. The van der Waals surface area contributed by atoms with E-state index in [0.29, 0.717) is 32.8 Å². The Morgan fingerprint density at radius 2 is 1.92 bits per heavy atom. The molecule has 0 saturated heterocycles. The van der Waals surface area contributed by atoms with E-state index in [9.17, 15) is 9.59 Å². The molecule has 0 aliphatic rings. The Balaban J connectivity index is 1.90. The number of rotatable bonds is 3. The maximum absolute atomic E-state index is 12.4. The van der Waals surface area contributed by atoms with E-state index < -0.39 is 5.97 Å². The van der Waals surface area contributed by atoms with Crippen LogP contribution in [0.5, 0.6) is 0 Å². The fraction of sp³-hybridized carbons (Fsp3) is 0.105. The van der Waals surface area contributed by atoms with E-state index in [1.807, 2.05) is 12.1 Å². The lowest BCUT2D eigenvalue weighted by atomic mass is 10.1. The zero-order chi connectivity index (χ0) is 18.3. The minimum Gasteiger partial charge on any atom is -0.462 e. The smallest absolute Gasteiger partial charge is 0.338 e. The first kappa shape index (κ1) is 16.4. The van der Waals surface area contributed by atoms with Crippen molar-refractivity contribution in [2.24, 2.45) is 0 Å². The molecule has 7 heteroatoms. The monoisotopic (exact) mass is 367 g/mol. The molecule has 2 aromatic carbocycles. The molecule has 0 atom stereocenters. The molecule has 0 fully saturated rings. The van der Waals surface area contributed by atoms with Crippen LogP contribution < -0.4 is 5.56 Å². The van der Waals surface area contributed by atoms with Gasteiger partial charge in [-0.3, -0.25) is 4.79 Å². The van der Waals surface area contributed by atoms with Crippen LogP contribution in [0.1, 0.15) is 17.3 Å². The highest BCUT2D eigenvalue weighted by Crippen LogP contribution is 2.23. The van der Waals surface area contributed by atoms with E-state index in [4.69, 9.17) is 16.3 Å². The van der Waals surface area contributed by atoms with Crippen molar-refractivity contribution in [2.45, 2.75) is 6.92 Å². The number of aromatic nitrogens is 3. The molecule has 0 aliphatic carbocycles. The third kappa shape index (κ3) is 2.74. The van der Waals surface area contributed by atoms with Gasteiger partial charge in [0.1, 0.15) is 5.52 Å². The van der Waals surface area contributed by atoms with Gasteiger partial charge in [0.2, 0.25) is 0 Å². The highest BCUT2D eigenvalue weighted by atomic mass is 35.5. The topological polar surface area (TPSA) is 76.5 Å². The van der Waals surface area contributed by atoms with Crippen molar-refractivity contribution in [3.63, 3.8) is 0 Å². The molecule has 130 valence electrons. The first-order valence-electron chi connectivity index (χ1n) is 8.05. The minimum absolute atomic E-state index is 0.286. The summed E-state index contributed by atoms with van der Waals surface area (Å²) in [6, 6.07) is 14.0. The Labute approximate surface area is 153 Å². The molecule has 0 aliphatic heterocycles. The number of carbonyl (C=O) groups is 1. The average Bonchev–Trinajstić information content (AvgIpc) is 3.08. The van der Waals surface area contributed by atoms with Gasteiger partial charge in [-0.25, -0.2) is 9.31 Å². The number of hydrogen-bond donors (Lipinski definition) is 1. The van der Waals surface area contributed by atoms with Gasteiger partial charge in [-0.05, 0) is 43.3 Å². The van der Waals surface area contributed by atoms with Crippen LogP contribution in [0.15, 0.2) is 53.3 Å². The number of fused-ring (bicyclic) bond motifs is 3. The van der Waals surface area contributed by atoms with Gasteiger partial charge in [0.25, 0.3) is 5.56 Å². The van der Waals surface area contributed by atoms with Crippen molar-refractivity contribution in [1.82, 2.24) is 14.6 Å². The second-order valence-corrected chi connectivity index (χ2v) is 6.18. The number of H-pyrrole nitrogens is 1. The predicted octanol–water partition coefficient (Wildman–Crippen LogP) is 3.67. The summed E-state index contributed by atoms with van der Waals surface area (Å²) < 4.78 is 6.58. The summed E-state index contributed by atoms with van der Waals surface area (Å²) >= 11 is 5.93. The van der Waals surface area contributed by atoms with Gasteiger partial charge >= 0.3 is 5.97 Å². The van der Waals surface area contributed by atoms with Crippen LogP contribution in [-0.2, 0) is 4.74 Å². The third-order valence-corrected chi connectivity index (χ3v) is 4.32. The third-order valence-electron chi connectivity index (χ3n) is 4.07. The zero-order valence-corrected chi connectivity index (χ0v) is 14.6. The van der Waals surface area contributed by atoms with Crippen molar-refractivity contribution in [3.8, 4) is 11.3 Å². The Hall–Kier alpha value is -3.12. The largest absolute Gasteiger partial charge is 0.462 e. The van der Waals surface area contributed by atoms with Crippen LogP contribution in [0, 0.1) is 0 Å². The van der Waals surface area contributed by atoms with Crippen LogP contribution in [0.3, 0.4) is 0 Å². The van der Waals surface area contributed by atoms with E-state index in [1.54, 1.807) is 47.8 Å². The van der Waals surface area contributed by atoms with E-state index in [2.05, 4.69) is 10.1 Å². The van der Waals surface area contributed by atoms with Gasteiger partial charge in [-0.15, -0.1) is 0 Å². The van der Waals surface area contributed by atoms with Crippen molar-refractivity contribution in [2.75, 3.05) is 6.61 Å². The van der Waals surface area contributed by atoms with Crippen LogP contribution >= 0.6 is 11.6 Å². The highest BCUT2D eigenvalue weighted by molar-refractivity contribution is 6.30. The van der Waals surface area contributed by atoms with Gasteiger partial charge in [0.05, 0.1) is 28.9 Å². The Kier molecular flexibility index (Phi) is 3.97. The normalized spacial score (nSPS) is 11.2. The Morgan fingerprint density at radius 1 is 1.15 bits per heavy atom. The first-order valence-corrected chi connectivity index (χ1v) is 8.43. The number of esters is 1. The maximum atomic E-state index is 12.4. The molecule has 0 spiro atoms. The van der Waals surface area contributed by atoms with Gasteiger partial charge in [-0.1, -0.05) is 23.7 Å². The molecule has 0 saturated carbocycles. The summed E-state index contributed by atoms with van der Waals surface area (Å²) in [4.78, 5) is 27.1. The summed E-state index contributed by atoms with van der Waals surface area (Å²) in [5.74, 6) is -0.433. The van der Waals surface area contributed by atoms with Gasteiger partial charge in [0.15, 0.2) is 0 Å². The van der Waals surface area contributed by atoms with Gasteiger partial charge in [-0.2, -0.15) is 5.10 Å². The summed E-state index contributed by atoms with van der Waals surface area (Å²) in [6.07, 6.45) is 0. The van der Waals surface area contributed by atoms with Crippen LogP contribution in [0.25, 0.3) is 27.8 Å². The minimum atomic E-state index is -0.433. The number of benzene rings is 2. The molecule has 1 N–H and O–H groups in total. The van der Waals surface area contributed by atoms with E-state index >= 15 is 0 Å². The van der Waals surface area contributed by atoms with E-state index in [-0.39, 0.29) is 12.2 Å². The van der Waals surface area contributed by atoms with Crippen molar-refractivity contribution < 1.29 is 9.53 Å². The number of ether oxygens (including phenoxy) is 1. The molecule has 0 radical (unpaired) electrons. The lowest BCUT2D eigenvalue weighted by Gasteiger charge is -2.05. The lowest BCUT2D eigenvalue weighted by molar-refractivity contribution is 0.0526. The summed E-state index contributed by atoms with van der Waals surface area (Å²) in [5.41, 5.74) is 3.23. The molecule has 4 aromatic rings. The van der Waals surface area contributed by atoms with E-state index in [1.165, 1.54) is 0 Å². The Bertz CT molecular complexity index is 1190. The standard InChI is InChI=1S/C19H14ClN3O3/c1-2-26-19(25)12-5-8-16-15(9-12)21-18(24)17-10-14(22-23(16)17)11-3-6-13(20)7-4-11/h3-10H,2H2,1H3,(H,21,24). The van der Waals surface area contributed by atoms with Crippen LogP contribution in [0.2, 0.25) is 5.02 Å². The Morgan fingerprint density at radius 3 is 2.65 bits per heavy atom. The summed E-state index contributed by atoms with van der Waals surface area (Å²) in [6.45, 7) is 2.03. The van der Waals surface area contributed by atoms with Crippen molar-refractivity contribution >= 4 is 34.1 Å². The van der Waals surface area contributed by atoms with Crippen LogP contribution in [-0.4, -0.2) is 27.2 Å². The molecular formula is C19H14ClN3O3. The van der Waals surface area contributed by atoms with Crippen LogP contribution in [0.4, 0.5) is 0 Å². The molecule has 6 nitrogen and oxygen atoms in total. The molecule has 2 heterocycles. The van der Waals surface area contributed by atoms with Crippen molar-refractivity contribution in [1.29, 1.82) is 0 Å². The van der Waals surface area contributed by atoms with Gasteiger partial charge < -0.3 is 9.72 Å². The number of nitrogens with one attached hydrogen (secondary N) is 1. The fourth-order valence-corrected chi connectivity index (χ4v) is 2.96. The molecule has 2 aromatic heterocycles. The molecule has 26 heavy (non-hydrogen) atoms. The summed E-state index contributed by atoms with van der Waals surface area (Å²) in [5, 5.41) is 5.18. The van der Waals surface area contributed by atoms with Crippen molar-refractivity contribution in [3.05, 3.63) is 69.5 Å². The first-order chi connectivity index (χ1) is 12.6. The number of hydrogen-bond acceptors (Lipinski definition) is 4. The number of aromatic amines is 1. The molecule has 0 unspecified atom stereocenters. The molecule has 4 rings (SSSR count). The molecule has 0 amide bonds. The maximum Gasteiger partial charge on any atom is 0.338 e. The van der Waals surface area contributed by atoms with E-state index in [0.717, 1.165) is 5.56 Å². The average molecular weight is 368 g/mol. The molecule has 0 bridgehead atoms. The highest BCUT2D eigenvalue weighted by Gasteiger charge is 2.13. The molecular weight excluding hydrogens is 354 g/mol. The second kappa shape index (κ2) is 6.31.